The van der Waals surface area contributed by atoms with Gasteiger partial charge in [0.1, 0.15) is 18.1 Å². The second-order valence-electron chi connectivity index (χ2n) is 5.61. The molecule has 2 N–H and O–H groups in total. The molecule has 4 rings (SSSR count). The monoisotopic (exact) mass is 415 g/mol. The van der Waals surface area contributed by atoms with Crippen LogP contribution < -0.4 is 5.48 Å². The highest BCUT2D eigenvalue weighted by atomic mass is 35.5. The number of nitrogens with zero attached hydrogens (tertiary/aromatic N) is 8. The molecule has 13 heteroatoms. The Morgan fingerprint density at radius 2 is 2.07 bits per heavy atom. The quantitative estimate of drug-likeness (QED) is 0.284. The molecule has 11 nitrogen and oxygen atoms in total. The van der Waals surface area contributed by atoms with Gasteiger partial charge >= 0.3 is 0 Å². The number of rotatable bonds is 5. The lowest BCUT2D eigenvalue weighted by Gasteiger charge is -2.03. The summed E-state index contributed by atoms with van der Waals surface area (Å²) >= 11 is 5.75. The van der Waals surface area contributed by atoms with E-state index < -0.39 is 5.82 Å². The van der Waals surface area contributed by atoms with Gasteiger partial charge in [0.2, 0.25) is 5.82 Å². The van der Waals surface area contributed by atoms with Gasteiger partial charge in [0.05, 0.1) is 10.7 Å². The van der Waals surface area contributed by atoms with Crippen LogP contribution in [0.4, 0.5) is 10.1 Å². The smallest absolute Gasteiger partial charge is 0.205 e. The van der Waals surface area contributed by atoms with Gasteiger partial charge in [-0.05, 0) is 40.7 Å². The zero-order valence-electron chi connectivity index (χ0n) is 14.4. The van der Waals surface area contributed by atoms with Crippen molar-refractivity contribution in [3.63, 3.8) is 0 Å². The van der Waals surface area contributed by atoms with Crippen molar-refractivity contribution in [1.82, 2.24) is 41.0 Å². The Morgan fingerprint density at radius 1 is 1.24 bits per heavy atom. The molecule has 0 fully saturated rings. The fourth-order valence-corrected chi connectivity index (χ4v) is 2.54. The molecule has 29 heavy (non-hydrogen) atoms. The standard InChI is InChI=1S/C16H11ClFN9O2/c17-11-7-10(1-2-12(11)18)20-16(23-28)14-13(24-29-25-14)8-27-22-15(21-26-27)9-3-5-19-6-4-9/h1-7,28H,8H2,(H,20,23). The van der Waals surface area contributed by atoms with Crippen molar-refractivity contribution in [2.45, 2.75) is 6.54 Å². The van der Waals surface area contributed by atoms with E-state index in [9.17, 15) is 9.60 Å². The topological polar surface area (TPSA) is 140 Å². The normalized spacial score (nSPS) is 11.6. The summed E-state index contributed by atoms with van der Waals surface area (Å²) in [5.74, 6) is -0.269. The Hall–Kier alpha value is -3.77. The predicted molar refractivity (Wildman–Crippen MR) is 97.0 cm³/mol. The molecule has 0 unspecified atom stereocenters. The van der Waals surface area contributed by atoms with Gasteiger partial charge in [-0.3, -0.25) is 15.7 Å². The van der Waals surface area contributed by atoms with E-state index in [1.807, 2.05) is 5.48 Å². The molecule has 3 aromatic heterocycles. The van der Waals surface area contributed by atoms with E-state index in [1.54, 1.807) is 24.5 Å². The first-order valence-corrected chi connectivity index (χ1v) is 8.45. The Kier molecular flexibility index (Phi) is 5.18. The summed E-state index contributed by atoms with van der Waals surface area (Å²) in [6.07, 6.45) is 3.24. The minimum absolute atomic E-state index is 0.0434. The third kappa shape index (κ3) is 4.07. The maximum atomic E-state index is 13.3. The highest BCUT2D eigenvalue weighted by Crippen LogP contribution is 2.22. The fraction of sp³-hybridized carbons (Fsp3) is 0.0625. The van der Waals surface area contributed by atoms with Crippen LogP contribution in [0.3, 0.4) is 0 Å². The van der Waals surface area contributed by atoms with Crippen LogP contribution in [0.1, 0.15) is 11.4 Å². The average Bonchev–Trinajstić information content (AvgIpc) is 3.40. The van der Waals surface area contributed by atoms with E-state index >= 15 is 0 Å². The van der Waals surface area contributed by atoms with Crippen molar-refractivity contribution in [2.75, 3.05) is 0 Å². The summed E-state index contributed by atoms with van der Waals surface area (Å²) in [6, 6.07) is 7.32. The number of hydrogen-bond acceptors (Lipinski definition) is 9. The Morgan fingerprint density at radius 3 is 2.83 bits per heavy atom. The molecule has 0 bridgehead atoms. The van der Waals surface area contributed by atoms with E-state index in [0.29, 0.717) is 5.82 Å². The number of pyridine rings is 1. The summed E-state index contributed by atoms with van der Waals surface area (Å²) < 4.78 is 18.1. The molecule has 0 aliphatic carbocycles. The Balaban J connectivity index is 1.60. The van der Waals surface area contributed by atoms with Crippen LogP contribution in [-0.4, -0.2) is 46.5 Å². The number of aromatic nitrogens is 7. The van der Waals surface area contributed by atoms with Crippen molar-refractivity contribution in [3.8, 4) is 11.4 Å². The molecule has 0 saturated carbocycles. The molecule has 3 heterocycles. The third-order valence-electron chi connectivity index (χ3n) is 3.71. The van der Waals surface area contributed by atoms with Gasteiger partial charge in [0, 0.05) is 18.0 Å². The number of nitrogens with one attached hydrogen (secondary N) is 1. The van der Waals surface area contributed by atoms with E-state index in [4.69, 9.17) is 16.2 Å². The SMILES string of the molecule is ONC(=Nc1ccc(F)c(Cl)c1)c1nonc1Cn1nnc(-c2ccncc2)n1. The molecule has 0 aliphatic heterocycles. The first-order chi connectivity index (χ1) is 14.1. The molecule has 0 spiro atoms. The Labute approximate surface area is 166 Å². The largest absolute Gasteiger partial charge is 0.290 e. The predicted octanol–water partition coefficient (Wildman–Crippen LogP) is 2.02. The van der Waals surface area contributed by atoms with Crippen molar-refractivity contribution in [3.05, 3.63) is 65.0 Å². The maximum absolute atomic E-state index is 13.3. The molecular formula is C16H11ClFN9O2. The van der Waals surface area contributed by atoms with Crippen LogP contribution >= 0.6 is 11.6 Å². The van der Waals surface area contributed by atoms with Gasteiger partial charge in [-0.15, -0.1) is 10.2 Å². The maximum Gasteiger partial charge on any atom is 0.205 e. The fourth-order valence-electron chi connectivity index (χ4n) is 2.37. The minimum Gasteiger partial charge on any atom is -0.290 e. The molecule has 146 valence electrons. The molecule has 1 aromatic carbocycles. The highest BCUT2D eigenvalue weighted by Gasteiger charge is 2.18. The van der Waals surface area contributed by atoms with Crippen molar-refractivity contribution < 1.29 is 14.2 Å². The first-order valence-electron chi connectivity index (χ1n) is 8.08. The molecule has 0 radical (unpaired) electrons. The van der Waals surface area contributed by atoms with Crippen molar-refractivity contribution in [1.29, 1.82) is 0 Å². The lowest BCUT2D eigenvalue weighted by atomic mass is 10.2. The van der Waals surface area contributed by atoms with E-state index in [2.05, 4.69) is 35.7 Å². The second kappa shape index (κ2) is 8.08. The summed E-state index contributed by atoms with van der Waals surface area (Å²) in [7, 11) is 0. The van der Waals surface area contributed by atoms with Crippen LogP contribution in [0, 0.1) is 5.82 Å². The van der Waals surface area contributed by atoms with Gasteiger partial charge in [0.25, 0.3) is 0 Å². The molecule has 0 atom stereocenters. The van der Waals surface area contributed by atoms with Crippen molar-refractivity contribution >= 4 is 23.1 Å². The van der Waals surface area contributed by atoms with Gasteiger partial charge in [0.15, 0.2) is 11.5 Å². The zero-order chi connectivity index (χ0) is 20.2. The summed E-state index contributed by atoms with van der Waals surface area (Å²) in [5, 5.41) is 29.1. The number of hydroxylamine groups is 1. The Bertz CT molecular complexity index is 1160. The van der Waals surface area contributed by atoms with Gasteiger partial charge in [-0.1, -0.05) is 16.8 Å². The number of aliphatic imine (C=N–C) groups is 1. The number of hydrogen-bond donors (Lipinski definition) is 2. The van der Waals surface area contributed by atoms with Gasteiger partial charge in [-0.2, -0.15) is 4.80 Å². The minimum atomic E-state index is -0.588. The molecular weight excluding hydrogens is 405 g/mol. The highest BCUT2D eigenvalue weighted by molar-refractivity contribution is 6.31. The van der Waals surface area contributed by atoms with Gasteiger partial charge < -0.3 is 0 Å². The number of halogens is 2. The third-order valence-corrected chi connectivity index (χ3v) is 4.00. The average molecular weight is 416 g/mol. The lowest BCUT2D eigenvalue weighted by molar-refractivity contribution is 0.234. The number of benzene rings is 1. The van der Waals surface area contributed by atoms with E-state index in [-0.39, 0.29) is 34.5 Å². The van der Waals surface area contributed by atoms with Crippen LogP contribution in [0.25, 0.3) is 11.4 Å². The zero-order valence-corrected chi connectivity index (χ0v) is 15.2. The number of amidine groups is 1. The van der Waals surface area contributed by atoms with E-state index in [0.717, 1.165) is 11.6 Å². The lowest BCUT2D eigenvalue weighted by Crippen LogP contribution is -2.23. The summed E-state index contributed by atoms with van der Waals surface area (Å²) in [4.78, 5) is 9.36. The second-order valence-corrected chi connectivity index (χ2v) is 6.02. The van der Waals surface area contributed by atoms with E-state index in [1.165, 1.54) is 16.9 Å². The number of tetrazole rings is 1. The molecule has 0 aliphatic rings. The summed E-state index contributed by atoms with van der Waals surface area (Å²) in [6.45, 7) is 0.0434. The molecule has 0 saturated heterocycles. The van der Waals surface area contributed by atoms with Crippen LogP contribution in [0.2, 0.25) is 5.02 Å². The molecule has 4 aromatic rings. The molecule has 0 amide bonds. The van der Waals surface area contributed by atoms with Gasteiger partial charge in [-0.25, -0.2) is 14.0 Å². The van der Waals surface area contributed by atoms with Crippen LogP contribution in [-0.2, 0) is 6.54 Å². The summed E-state index contributed by atoms with van der Waals surface area (Å²) in [5.41, 5.74) is 3.33. The first kappa shape index (κ1) is 18.6. The van der Waals surface area contributed by atoms with Crippen LogP contribution in [0.15, 0.2) is 52.3 Å². The van der Waals surface area contributed by atoms with Crippen molar-refractivity contribution in [2.24, 2.45) is 4.99 Å². The van der Waals surface area contributed by atoms with Crippen LogP contribution in [0.5, 0.6) is 0 Å².